The van der Waals surface area contributed by atoms with E-state index in [1.807, 2.05) is 6.92 Å². The van der Waals surface area contributed by atoms with Crippen molar-refractivity contribution in [2.45, 2.75) is 39.5 Å². The van der Waals surface area contributed by atoms with Gasteiger partial charge in [-0.1, -0.05) is 6.92 Å². The average molecular weight is 208 g/mol. The molecular formula is C13H24N2. The third kappa shape index (κ3) is 4.22. The summed E-state index contributed by atoms with van der Waals surface area (Å²) in [5, 5.41) is 8.74. The molecule has 0 amide bonds. The molecule has 1 aliphatic heterocycles. The van der Waals surface area contributed by atoms with Crippen LogP contribution in [-0.2, 0) is 0 Å². The van der Waals surface area contributed by atoms with Gasteiger partial charge in [-0.2, -0.15) is 5.26 Å². The highest BCUT2D eigenvalue weighted by atomic mass is 15.1. The Labute approximate surface area is 94.3 Å². The van der Waals surface area contributed by atoms with E-state index in [1.54, 1.807) is 0 Å². The molecule has 15 heavy (non-hydrogen) atoms. The summed E-state index contributed by atoms with van der Waals surface area (Å²) in [5.74, 6) is 1.93. The molecule has 0 saturated carbocycles. The Hall–Kier alpha value is -0.550. The minimum Gasteiger partial charge on any atom is -0.306 e. The molecule has 1 saturated heterocycles. The summed E-state index contributed by atoms with van der Waals surface area (Å²) in [4.78, 5) is 2.42. The van der Waals surface area contributed by atoms with Gasteiger partial charge in [0.2, 0.25) is 0 Å². The van der Waals surface area contributed by atoms with E-state index in [9.17, 15) is 0 Å². The molecule has 2 nitrogen and oxygen atoms in total. The molecule has 0 spiro atoms. The van der Waals surface area contributed by atoms with E-state index < -0.39 is 0 Å². The molecule has 0 aromatic rings. The molecule has 0 aromatic carbocycles. The number of piperidine rings is 1. The first-order valence-electron chi connectivity index (χ1n) is 6.21. The number of nitriles is 1. The molecule has 2 unspecified atom stereocenters. The van der Waals surface area contributed by atoms with Crippen LogP contribution >= 0.6 is 0 Å². The van der Waals surface area contributed by atoms with Crippen LogP contribution in [0, 0.1) is 29.1 Å². The number of nitrogens with zero attached hydrogens (tertiary/aromatic N) is 2. The quantitative estimate of drug-likeness (QED) is 0.710. The minimum atomic E-state index is 0.235. The van der Waals surface area contributed by atoms with Gasteiger partial charge in [0.25, 0.3) is 0 Å². The minimum absolute atomic E-state index is 0.235. The van der Waals surface area contributed by atoms with Crippen molar-refractivity contribution in [3.8, 4) is 6.07 Å². The van der Waals surface area contributed by atoms with Gasteiger partial charge in [-0.25, -0.2) is 0 Å². The number of hydrogen-bond acceptors (Lipinski definition) is 2. The van der Waals surface area contributed by atoms with Gasteiger partial charge in [-0.3, -0.25) is 0 Å². The van der Waals surface area contributed by atoms with Crippen molar-refractivity contribution in [1.29, 1.82) is 5.26 Å². The van der Waals surface area contributed by atoms with Gasteiger partial charge < -0.3 is 4.90 Å². The normalized spacial score (nSPS) is 23.3. The topological polar surface area (TPSA) is 27.0 Å². The predicted octanol–water partition coefficient (Wildman–Crippen LogP) is 2.90. The van der Waals surface area contributed by atoms with Crippen molar-refractivity contribution < 1.29 is 0 Å². The van der Waals surface area contributed by atoms with Crippen LogP contribution in [0.15, 0.2) is 0 Å². The van der Waals surface area contributed by atoms with Gasteiger partial charge in [-0.15, -0.1) is 0 Å². The zero-order valence-corrected chi connectivity index (χ0v) is 10.4. The van der Waals surface area contributed by atoms with E-state index >= 15 is 0 Å². The van der Waals surface area contributed by atoms with Crippen LogP contribution in [-0.4, -0.2) is 25.0 Å². The van der Waals surface area contributed by atoms with Crippen LogP contribution in [0.1, 0.15) is 39.5 Å². The molecule has 1 rings (SSSR count). The highest BCUT2D eigenvalue weighted by Crippen LogP contribution is 2.28. The first-order chi connectivity index (χ1) is 7.13. The van der Waals surface area contributed by atoms with Gasteiger partial charge in [0, 0.05) is 5.92 Å². The highest BCUT2D eigenvalue weighted by Gasteiger charge is 2.22. The number of rotatable bonds is 4. The molecule has 2 heteroatoms. The van der Waals surface area contributed by atoms with Gasteiger partial charge in [-0.05, 0) is 64.6 Å². The second-order valence-corrected chi connectivity index (χ2v) is 5.23. The summed E-state index contributed by atoms with van der Waals surface area (Å²) in [6.07, 6.45) is 4.99. The fraction of sp³-hybridized carbons (Fsp3) is 0.923. The lowest BCUT2D eigenvalue weighted by molar-refractivity contribution is 0.170. The molecule has 1 fully saturated rings. The zero-order valence-electron chi connectivity index (χ0n) is 10.4. The van der Waals surface area contributed by atoms with E-state index in [0.29, 0.717) is 0 Å². The maximum absolute atomic E-state index is 8.74. The zero-order chi connectivity index (χ0) is 11.3. The van der Waals surface area contributed by atoms with Crippen molar-refractivity contribution in [2.75, 3.05) is 20.1 Å². The Morgan fingerprint density at radius 3 is 2.40 bits per heavy atom. The summed E-state index contributed by atoms with van der Waals surface area (Å²) in [5.41, 5.74) is 0. The second kappa shape index (κ2) is 6.12. The first-order valence-corrected chi connectivity index (χ1v) is 6.21. The molecule has 0 bridgehead atoms. The third-order valence-electron chi connectivity index (χ3n) is 3.84. The van der Waals surface area contributed by atoms with Gasteiger partial charge in [0.05, 0.1) is 6.07 Å². The standard InChI is InChI=1S/C13H24N2/c1-11(10-14)4-5-12(2)13-6-8-15(3)9-7-13/h11-13H,4-9H2,1-3H3. The van der Waals surface area contributed by atoms with Crippen LogP contribution in [0.2, 0.25) is 0 Å². The van der Waals surface area contributed by atoms with Gasteiger partial charge in [0.1, 0.15) is 0 Å². The third-order valence-corrected chi connectivity index (χ3v) is 3.84. The molecule has 0 aromatic heterocycles. The Morgan fingerprint density at radius 1 is 1.27 bits per heavy atom. The van der Waals surface area contributed by atoms with Crippen LogP contribution in [0.5, 0.6) is 0 Å². The van der Waals surface area contributed by atoms with E-state index in [4.69, 9.17) is 5.26 Å². The van der Waals surface area contributed by atoms with Crippen LogP contribution < -0.4 is 0 Å². The smallest absolute Gasteiger partial charge is 0.0652 e. The average Bonchev–Trinajstić information content (AvgIpc) is 2.26. The molecule has 1 aliphatic rings. The molecule has 0 N–H and O–H groups in total. The Balaban J connectivity index is 2.22. The van der Waals surface area contributed by atoms with Crippen molar-refractivity contribution in [1.82, 2.24) is 4.90 Å². The lowest BCUT2D eigenvalue weighted by Crippen LogP contribution is -2.32. The highest BCUT2D eigenvalue weighted by molar-refractivity contribution is 4.80. The lowest BCUT2D eigenvalue weighted by atomic mass is 9.82. The van der Waals surface area contributed by atoms with Crippen molar-refractivity contribution in [2.24, 2.45) is 17.8 Å². The lowest BCUT2D eigenvalue weighted by Gasteiger charge is -2.32. The fourth-order valence-electron chi connectivity index (χ4n) is 2.41. The van der Waals surface area contributed by atoms with E-state index in [-0.39, 0.29) is 5.92 Å². The second-order valence-electron chi connectivity index (χ2n) is 5.23. The molecule has 2 atom stereocenters. The van der Waals surface area contributed by atoms with Crippen molar-refractivity contribution in [3.63, 3.8) is 0 Å². The largest absolute Gasteiger partial charge is 0.306 e. The van der Waals surface area contributed by atoms with E-state index in [2.05, 4.69) is 24.9 Å². The SMILES string of the molecule is CC(C#N)CCC(C)C1CCN(C)CC1. The maximum Gasteiger partial charge on any atom is 0.0652 e. The summed E-state index contributed by atoms with van der Waals surface area (Å²) >= 11 is 0. The van der Waals surface area contributed by atoms with Crippen LogP contribution in [0.4, 0.5) is 0 Å². The monoisotopic (exact) mass is 208 g/mol. The summed E-state index contributed by atoms with van der Waals surface area (Å²) in [6, 6.07) is 2.32. The van der Waals surface area contributed by atoms with Crippen molar-refractivity contribution in [3.05, 3.63) is 0 Å². The Morgan fingerprint density at radius 2 is 1.87 bits per heavy atom. The van der Waals surface area contributed by atoms with Gasteiger partial charge in [0.15, 0.2) is 0 Å². The molecular weight excluding hydrogens is 184 g/mol. The Bertz CT molecular complexity index is 211. The molecule has 0 aliphatic carbocycles. The summed E-state index contributed by atoms with van der Waals surface area (Å²) in [6.45, 7) is 6.90. The first kappa shape index (κ1) is 12.5. The van der Waals surface area contributed by atoms with Crippen LogP contribution in [0.25, 0.3) is 0 Å². The number of hydrogen-bond donors (Lipinski definition) is 0. The van der Waals surface area contributed by atoms with E-state index in [1.165, 1.54) is 32.4 Å². The van der Waals surface area contributed by atoms with Crippen LogP contribution in [0.3, 0.4) is 0 Å². The molecule has 1 heterocycles. The Kier molecular flexibility index (Phi) is 5.11. The predicted molar refractivity (Wildman–Crippen MR) is 63.4 cm³/mol. The van der Waals surface area contributed by atoms with Crippen molar-refractivity contribution >= 4 is 0 Å². The summed E-state index contributed by atoms with van der Waals surface area (Å²) in [7, 11) is 2.21. The fourth-order valence-corrected chi connectivity index (χ4v) is 2.41. The maximum atomic E-state index is 8.74. The molecule has 86 valence electrons. The number of likely N-dealkylation sites (tertiary alicyclic amines) is 1. The van der Waals surface area contributed by atoms with E-state index in [0.717, 1.165) is 18.3 Å². The summed E-state index contributed by atoms with van der Waals surface area (Å²) < 4.78 is 0. The molecule has 0 radical (unpaired) electrons. The van der Waals surface area contributed by atoms with Gasteiger partial charge >= 0.3 is 0 Å².